The zero-order chi connectivity index (χ0) is 16.3. The number of rotatable bonds is 6. The summed E-state index contributed by atoms with van der Waals surface area (Å²) in [6.07, 6.45) is 2.12. The van der Waals surface area contributed by atoms with Crippen LogP contribution in [0.15, 0.2) is 0 Å². The van der Waals surface area contributed by atoms with E-state index in [4.69, 9.17) is 0 Å². The molecule has 0 unspecified atom stereocenters. The average Bonchev–Trinajstić information content (AvgIpc) is 2.29. The van der Waals surface area contributed by atoms with Gasteiger partial charge in [-0.05, 0) is 37.5 Å². The van der Waals surface area contributed by atoms with Crippen LogP contribution in [0.2, 0.25) is 0 Å². The van der Waals surface area contributed by atoms with Crippen LogP contribution in [0.25, 0.3) is 0 Å². The van der Waals surface area contributed by atoms with Crippen molar-refractivity contribution in [2.24, 2.45) is 11.8 Å². The lowest BCUT2D eigenvalue weighted by molar-refractivity contribution is -0.149. The fraction of sp³-hybridized carbons (Fsp3) is 0.857. The first-order chi connectivity index (χ1) is 9.56. The van der Waals surface area contributed by atoms with Gasteiger partial charge >= 0.3 is 5.97 Å². The molecule has 122 valence electrons. The second-order valence-electron chi connectivity index (χ2n) is 6.57. The Kier molecular flexibility index (Phi) is 5.78. The molecule has 0 aromatic carbocycles. The average molecular weight is 319 g/mol. The van der Waals surface area contributed by atoms with Gasteiger partial charge < -0.3 is 10.4 Å². The van der Waals surface area contributed by atoms with Crippen LogP contribution in [0.1, 0.15) is 46.5 Å². The smallest absolute Gasteiger partial charge is 0.329 e. The van der Waals surface area contributed by atoms with Crippen molar-refractivity contribution >= 4 is 21.7 Å². The maximum absolute atomic E-state index is 11.9. The van der Waals surface area contributed by atoms with Crippen molar-refractivity contribution in [3.05, 3.63) is 0 Å². The van der Waals surface area contributed by atoms with Gasteiger partial charge in [0.2, 0.25) is 5.91 Å². The Morgan fingerprint density at radius 2 is 1.81 bits per heavy atom. The highest BCUT2D eigenvalue weighted by Crippen LogP contribution is 2.32. The molecule has 0 aromatic heterocycles. The van der Waals surface area contributed by atoms with Crippen molar-refractivity contribution in [1.82, 2.24) is 5.32 Å². The second-order valence-corrected chi connectivity index (χ2v) is 8.68. The van der Waals surface area contributed by atoms with Gasteiger partial charge in [0.1, 0.15) is 11.3 Å². The van der Waals surface area contributed by atoms with Gasteiger partial charge in [0.05, 0.1) is 5.75 Å². The minimum atomic E-state index is -3.50. The predicted molar refractivity (Wildman–Crippen MR) is 79.6 cm³/mol. The van der Waals surface area contributed by atoms with Gasteiger partial charge in [-0.2, -0.15) is 0 Å². The van der Waals surface area contributed by atoms with Crippen molar-refractivity contribution in [1.29, 1.82) is 0 Å². The molecule has 0 aliphatic heterocycles. The Morgan fingerprint density at radius 1 is 1.29 bits per heavy atom. The molecule has 1 aliphatic carbocycles. The van der Waals surface area contributed by atoms with Crippen LogP contribution in [0.5, 0.6) is 0 Å². The summed E-state index contributed by atoms with van der Waals surface area (Å²) in [6.45, 7) is 5.56. The highest BCUT2D eigenvalue weighted by Gasteiger charge is 2.42. The van der Waals surface area contributed by atoms with Crippen LogP contribution in [0, 0.1) is 11.8 Å². The number of sulfone groups is 1. The molecule has 21 heavy (non-hydrogen) atoms. The molecule has 1 saturated carbocycles. The molecule has 0 saturated heterocycles. The summed E-state index contributed by atoms with van der Waals surface area (Å²) in [7, 11) is -3.50. The van der Waals surface area contributed by atoms with Gasteiger partial charge in [-0.3, -0.25) is 4.79 Å². The van der Waals surface area contributed by atoms with E-state index in [0.717, 1.165) is 0 Å². The fourth-order valence-corrected chi connectivity index (χ4v) is 4.32. The summed E-state index contributed by atoms with van der Waals surface area (Å²) in [6, 6.07) is 0. The SMILES string of the molecule is CC(C)CS(=O)(=O)CC(=O)NC1(C(=O)O)CCC(C)CC1. The van der Waals surface area contributed by atoms with E-state index in [1.54, 1.807) is 13.8 Å². The first kappa shape index (κ1) is 17.9. The lowest BCUT2D eigenvalue weighted by Crippen LogP contribution is -2.57. The minimum Gasteiger partial charge on any atom is -0.480 e. The van der Waals surface area contributed by atoms with Crippen LogP contribution in [0.3, 0.4) is 0 Å². The van der Waals surface area contributed by atoms with Gasteiger partial charge in [-0.25, -0.2) is 13.2 Å². The third kappa shape index (κ3) is 5.30. The molecule has 0 bridgehead atoms. The number of amides is 1. The van der Waals surface area contributed by atoms with Crippen molar-refractivity contribution in [3.8, 4) is 0 Å². The third-order valence-corrected chi connectivity index (χ3v) is 5.73. The number of aliphatic carboxylic acids is 1. The van der Waals surface area contributed by atoms with Crippen molar-refractivity contribution in [3.63, 3.8) is 0 Å². The standard InChI is InChI=1S/C14H25NO5S/c1-10(2)8-21(19,20)9-12(16)15-14(13(17)18)6-4-11(3)5-7-14/h10-11H,4-9H2,1-3H3,(H,15,16)(H,17,18). The molecule has 0 radical (unpaired) electrons. The third-order valence-electron chi connectivity index (χ3n) is 3.85. The molecule has 1 fully saturated rings. The number of carbonyl (C=O) groups is 2. The molecule has 0 atom stereocenters. The van der Waals surface area contributed by atoms with Gasteiger partial charge in [0.15, 0.2) is 9.84 Å². The fourth-order valence-electron chi connectivity index (χ4n) is 2.72. The molecule has 2 N–H and O–H groups in total. The summed E-state index contributed by atoms with van der Waals surface area (Å²) in [5.41, 5.74) is -1.31. The zero-order valence-electron chi connectivity index (χ0n) is 12.9. The van der Waals surface area contributed by atoms with E-state index in [1.165, 1.54) is 0 Å². The molecule has 1 rings (SSSR count). The van der Waals surface area contributed by atoms with Crippen molar-refractivity contribution < 1.29 is 23.1 Å². The topological polar surface area (TPSA) is 101 Å². The maximum atomic E-state index is 11.9. The van der Waals surface area contributed by atoms with Crippen molar-refractivity contribution in [2.45, 2.75) is 52.0 Å². The highest BCUT2D eigenvalue weighted by molar-refractivity contribution is 7.92. The Hall–Kier alpha value is -1.11. The number of hydrogen-bond donors (Lipinski definition) is 2. The lowest BCUT2D eigenvalue weighted by Gasteiger charge is -2.36. The highest BCUT2D eigenvalue weighted by atomic mass is 32.2. The van der Waals surface area contributed by atoms with E-state index in [0.29, 0.717) is 31.6 Å². The van der Waals surface area contributed by atoms with E-state index < -0.39 is 33.0 Å². The van der Waals surface area contributed by atoms with Crippen LogP contribution in [-0.2, 0) is 19.4 Å². The normalized spacial score (nSPS) is 26.6. The zero-order valence-corrected chi connectivity index (χ0v) is 13.7. The molecule has 0 heterocycles. The van der Waals surface area contributed by atoms with Gasteiger partial charge in [-0.15, -0.1) is 0 Å². The minimum absolute atomic E-state index is 0.0632. The molecular weight excluding hydrogens is 294 g/mol. The summed E-state index contributed by atoms with van der Waals surface area (Å²) < 4.78 is 23.6. The van der Waals surface area contributed by atoms with Gasteiger partial charge in [-0.1, -0.05) is 20.8 Å². The van der Waals surface area contributed by atoms with E-state index in [2.05, 4.69) is 5.32 Å². The Morgan fingerprint density at radius 3 is 2.24 bits per heavy atom. The summed E-state index contributed by atoms with van der Waals surface area (Å²) >= 11 is 0. The second kappa shape index (κ2) is 6.77. The Balaban J connectivity index is 2.73. The van der Waals surface area contributed by atoms with E-state index in [9.17, 15) is 23.1 Å². The Bertz CT molecular complexity index is 489. The molecular formula is C14H25NO5S. The molecule has 1 aliphatic rings. The summed E-state index contributed by atoms with van der Waals surface area (Å²) in [5.74, 6) is -2.14. The van der Waals surface area contributed by atoms with E-state index in [-0.39, 0.29) is 11.7 Å². The van der Waals surface area contributed by atoms with Crippen LogP contribution in [0.4, 0.5) is 0 Å². The van der Waals surface area contributed by atoms with Crippen LogP contribution >= 0.6 is 0 Å². The predicted octanol–water partition coefficient (Wildman–Crippen LogP) is 1.21. The molecule has 0 spiro atoms. The molecule has 7 heteroatoms. The van der Waals surface area contributed by atoms with Crippen LogP contribution < -0.4 is 5.32 Å². The van der Waals surface area contributed by atoms with E-state index in [1.807, 2.05) is 6.92 Å². The number of hydrogen-bond acceptors (Lipinski definition) is 4. The van der Waals surface area contributed by atoms with Gasteiger partial charge in [0.25, 0.3) is 0 Å². The summed E-state index contributed by atoms with van der Waals surface area (Å²) in [5, 5.41) is 11.9. The van der Waals surface area contributed by atoms with Crippen LogP contribution in [-0.4, -0.2) is 42.4 Å². The van der Waals surface area contributed by atoms with Gasteiger partial charge in [0, 0.05) is 0 Å². The molecule has 6 nitrogen and oxygen atoms in total. The first-order valence-corrected chi connectivity index (χ1v) is 9.13. The maximum Gasteiger partial charge on any atom is 0.329 e. The quantitative estimate of drug-likeness (QED) is 0.766. The largest absolute Gasteiger partial charge is 0.480 e. The molecule has 1 amide bonds. The number of nitrogens with one attached hydrogen (secondary N) is 1. The number of carboxylic acid groups (broad SMARTS) is 1. The Labute approximate surface area is 126 Å². The number of carbonyl (C=O) groups excluding carboxylic acids is 1. The number of carboxylic acids is 1. The van der Waals surface area contributed by atoms with E-state index >= 15 is 0 Å². The molecule has 0 aromatic rings. The first-order valence-electron chi connectivity index (χ1n) is 7.31. The van der Waals surface area contributed by atoms with Crippen molar-refractivity contribution in [2.75, 3.05) is 11.5 Å². The summed E-state index contributed by atoms with van der Waals surface area (Å²) in [4.78, 5) is 23.4. The lowest BCUT2D eigenvalue weighted by atomic mass is 9.77. The monoisotopic (exact) mass is 319 g/mol.